The second-order valence-corrected chi connectivity index (χ2v) is 6.45. The van der Waals surface area contributed by atoms with Crippen LogP contribution in [0.5, 0.6) is 0 Å². The van der Waals surface area contributed by atoms with Crippen LogP contribution >= 0.6 is 11.8 Å². The topological polar surface area (TPSA) is 49.4 Å². The van der Waals surface area contributed by atoms with E-state index in [1.807, 2.05) is 16.7 Å². The predicted octanol–water partition coefficient (Wildman–Crippen LogP) is 2.38. The second-order valence-electron chi connectivity index (χ2n) is 5.05. The molecule has 1 saturated heterocycles. The number of nitrogens with zero attached hydrogens (tertiary/aromatic N) is 1. The van der Waals surface area contributed by atoms with Crippen molar-refractivity contribution < 1.29 is 9.59 Å². The average molecular weight is 270 g/mol. The molecule has 18 heavy (non-hydrogen) atoms. The van der Waals surface area contributed by atoms with Gasteiger partial charge in [0.1, 0.15) is 5.54 Å². The van der Waals surface area contributed by atoms with Crippen LogP contribution in [0.2, 0.25) is 0 Å². The highest BCUT2D eigenvalue weighted by atomic mass is 32.2. The zero-order chi connectivity index (χ0) is 13.0. The molecular weight excluding hydrogens is 248 g/mol. The average Bonchev–Trinajstić information content (AvgIpc) is 2.55. The Kier molecular flexibility index (Phi) is 4.54. The smallest absolute Gasteiger partial charge is 0.309 e. The van der Waals surface area contributed by atoms with Gasteiger partial charge in [0.25, 0.3) is 5.91 Å². The monoisotopic (exact) mass is 270 g/mol. The van der Waals surface area contributed by atoms with E-state index in [1.165, 1.54) is 12.8 Å². The minimum atomic E-state index is -0.526. The number of urea groups is 1. The minimum Gasteiger partial charge on any atom is -0.309 e. The fourth-order valence-corrected chi connectivity index (χ4v) is 3.62. The molecule has 0 unspecified atom stereocenters. The first-order valence-corrected chi connectivity index (χ1v) is 8.07. The van der Waals surface area contributed by atoms with Crippen molar-refractivity contribution in [1.82, 2.24) is 10.2 Å². The first-order chi connectivity index (χ1) is 8.70. The molecule has 0 aromatic heterocycles. The fraction of sp³-hybridized carbons (Fsp3) is 0.846. The van der Waals surface area contributed by atoms with Crippen LogP contribution in [-0.2, 0) is 4.79 Å². The van der Waals surface area contributed by atoms with Crippen LogP contribution in [0.1, 0.15) is 45.4 Å². The van der Waals surface area contributed by atoms with E-state index < -0.39 is 5.54 Å². The fourth-order valence-electron chi connectivity index (χ4n) is 3.02. The molecule has 1 spiro atoms. The van der Waals surface area contributed by atoms with Gasteiger partial charge in [-0.25, -0.2) is 4.79 Å². The molecule has 2 aliphatic rings. The van der Waals surface area contributed by atoms with Gasteiger partial charge in [-0.15, -0.1) is 0 Å². The molecule has 0 atom stereocenters. The van der Waals surface area contributed by atoms with Crippen molar-refractivity contribution in [3.8, 4) is 0 Å². The summed E-state index contributed by atoms with van der Waals surface area (Å²) in [6.45, 7) is 2.80. The number of hydrogen-bond acceptors (Lipinski definition) is 3. The summed E-state index contributed by atoms with van der Waals surface area (Å²) in [7, 11) is 0. The number of amides is 3. The summed E-state index contributed by atoms with van der Waals surface area (Å²) in [6.07, 6.45) is 6.14. The largest absolute Gasteiger partial charge is 0.325 e. The van der Waals surface area contributed by atoms with E-state index in [0.29, 0.717) is 6.54 Å². The molecule has 0 radical (unpaired) electrons. The maximum atomic E-state index is 12.2. The molecule has 1 aliphatic heterocycles. The van der Waals surface area contributed by atoms with Crippen molar-refractivity contribution in [3.05, 3.63) is 0 Å². The van der Waals surface area contributed by atoms with Gasteiger partial charge in [-0.2, -0.15) is 11.8 Å². The number of hydrogen-bond donors (Lipinski definition) is 1. The Morgan fingerprint density at radius 2 is 1.89 bits per heavy atom. The molecule has 1 saturated carbocycles. The number of nitrogens with one attached hydrogen (secondary N) is 1. The lowest BCUT2D eigenvalue weighted by atomic mass is 9.89. The van der Waals surface area contributed by atoms with Crippen molar-refractivity contribution in [2.75, 3.05) is 18.1 Å². The molecule has 3 amide bonds. The van der Waals surface area contributed by atoms with Crippen LogP contribution in [0.25, 0.3) is 0 Å². The van der Waals surface area contributed by atoms with Gasteiger partial charge in [0.15, 0.2) is 0 Å². The number of imide groups is 1. The molecule has 4 nitrogen and oxygen atoms in total. The number of rotatable bonds is 4. The lowest BCUT2D eigenvalue weighted by Gasteiger charge is -2.34. The lowest BCUT2D eigenvalue weighted by molar-refractivity contribution is -0.127. The zero-order valence-corrected chi connectivity index (χ0v) is 11.9. The summed E-state index contributed by atoms with van der Waals surface area (Å²) in [5.41, 5.74) is -0.526. The summed E-state index contributed by atoms with van der Waals surface area (Å²) in [6, 6.07) is -0.182. The quantitative estimate of drug-likeness (QED) is 0.630. The standard InChI is InChI=1S/C13H22N2O2S/c1-2-18-10-9-15-12(17)14-11(16)13(15)7-5-3-4-6-8-13/h2-10H2,1H3,(H,14,16,17). The van der Waals surface area contributed by atoms with Gasteiger partial charge in [-0.1, -0.05) is 32.6 Å². The Hall–Kier alpha value is -0.710. The highest BCUT2D eigenvalue weighted by Gasteiger charge is 2.51. The summed E-state index contributed by atoms with van der Waals surface area (Å²) < 4.78 is 0. The van der Waals surface area contributed by atoms with E-state index in [-0.39, 0.29) is 11.9 Å². The van der Waals surface area contributed by atoms with Gasteiger partial charge < -0.3 is 4.90 Å². The van der Waals surface area contributed by atoms with E-state index in [1.54, 1.807) is 0 Å². The summed E-state index contributed by atoms with van der Waals surface area (Å²) in [5, 5.41) is 2.52. The molecule has 1 aliphatic carbocycles. The zero-order valence-electron chi connectivity index (χ0n) is 11.0. The highest BCUT2D eigenvalue weighted by Crippen LogP contribution is 2.36. The molecule has 0 bridgehead atoms. The van der Waals surface area contributed by atoms with Crippen LogP contribution in [0.15, 0.2) is 0 Å². The van der Waals surface area contributed by atoms with E-state index in [9.17, 15) is 9.59 Å². The first kappa shape index (κ1) is 13.7. The lowest BCUT2D eigenvalue weighted by Crippen LogP contribution is -2.50. The Balaban J connectivity index is 2.11. The van der Waals surface area contributed by atoms with Crippen LogP contribution in [-0.4, -0.2) is 40.4 Å². The van der Waals surface area contributed by atoms with Gasteiger partial charge >= 0.3 is 6.03 Å². The van der Waals surface area contributed by atoms with Crippen molar-refractivity contribution >= 4 is 23.7 Å². The van der Waals surface area contributed by atoms with Gasteiger partial charge in [0.05, 0.1) is 0 Å². The number of carbonyl (C=O) groups is 2. The third-order valence-corrected chi connectivity index (χ3v) is 4.88. The molecule has 0 aromatic carbocycles. The van der Waals surface area contributed by atoms with E-state index in [4.69, 9.17) is 0 Å². The maximum absolute atomic E-state index is 12.2. The Morgan fingerprint density at radius 3 is 2.50 bits per heavy atom. The molecule has 2 fully saturated rings. The van der Waals surface area contributed by atoms with Crippen molar-refractivity contribution in [2.24, 2.45) is 0 Å². The normalized spacial score (nSPS) is 23.3. The van der Waals surface area contributed by atoms with Crippen molar-refractivity contribution in [3.63, 3.8) is 0 Å². The van der Waals surface area contributed by atoms with Crippen molar-refractivity contribution in [1.29, 1.82) is 0 Å². The molecule has 1 heterocycles. The van der Waals surface area contributed by atoms with Gasteiger partial charge in [0.2, 0.25) is 0 Å². The Bertz CT molecular complexity index is 325. The number of carbonyl (C=O) groups excluding carboxylic acids is 2. The van der Waals surface area contributed by atoms with Crippen LogP contribution in [0.4, 0.5) is 4.79 Å². The van der Waals surface area contributed by atoms with Gasteiger partial charge in [-0.05, 0) is 18.6 Å². The molecular formula is C13H22N2O2S. The van der Waals surface area contributed by atoms with Gasteiger partial charge in [0, 0.05) is 12.3 Å². The van der Waals surface area contributed by atoms with Gasteiger partial charge in [-0.3, -0.25) is 10.1 Å². The third-order valence-electron chi connectivity index (χ3n) is 4.00. The van der Waals surface area contributed by atoms with Crippen LogP contribution in [0, 0.1) is 0 Å². The van der Waals surface area contributed by atoms with E-state index in [0.717, 1.165) is 37.2 Å². The third kappa shape index (κ3) is 2.51. The molecule has 2 rings (SSSR count). The highest BCUT2D eigenvalue weighted by molar-refractivity contribution is 7.99. The molecule has 1 N–H and O–H groups in total. The summed E-state index contributed by atoms with van der Waals surface area (Å²) in [5.74, 6) is 1.91. The molecule has 5 heteroatoms. The SMILES string of the molecule is CCSCCN1C(=O)NC(=O)C12CCCCCC2. The first-order valence-electron chi connectivity index (χ1n) is 6.91. The summed E-state index contributed by atoms with van der Waals surface area (Å²) >= 11 is 1.82. The van der Waals surface area contributed by atoms with Crippen LogP contribution in [0.3, 0.4) is 0 Å². The van der Waals surface area contributed by atoms with E-state index >= 15 is 0 Å². The van der Waals surface area contributed by atoms with Crippen LogP contribution < -0.4 is 5.32 Å². The maximum Gasteiger partial charge on any atom is 0.325 e. The van der Waals surface area contributed by atoms with E-state index in [2.05, 4.69) is 12.2 Å². The summed E-state index contributed by atoms with van der Waals surface area (Å²) in [4.78, 5) is 25.9. The van der Waals surface area contributed by atoms with Crippen molar-refractivity contribution in [2.45, 2.75) is 51.0 Å². The minimum absolute atomic E-state index is 0.0594. The Morgan fingerprint density at radius 1 is 1.22 bits per heavy atom. The molecule has 0 aromatic rings. The predicted molar refractivity (Wildman–Crippen MR) is 73.7 cm³/mol. The second kappa shape index (κ2) is 5.95. The number of thioether (sulfide) groups is 1. The Labute approximate surface area is 113 Å². The molecule has 102 valence electrons.